The average Bonchev–Trinajstić information content (AvgIpc) is 3.25. The molecule has 1 saturated heterocycles. The fourth-order valence-electron chi connectivity index (χ4n) is 3.63. The van der Waals surface area contributed by atoms with Gasteiger partial charge in [0, 0.05) is 25.3 Å². The van der Waals surface area contributed by atoms with Crippen molar-refractivity contribution in [3.63, 3.8) is 0 Å². The minimum absolute atomic E-state index is 0.123. The van der Waals surface area contributed by atoms with Gasteiger partial charge in [-0.05, 0) is 44.6 Å². The van der Waals surface area contributed by atoms with Crippen molar-refractivity contribution in [3.8, 4) is 0 Å². The summed E-state index contributed by atoms with van der Waals surface area (Å²) in [6.07, 6.45) is 8.73. The lowest BCUT2D eigenvalue weighted by Crippen LogP contribution is -2.38. The van der Waals surface area contributed by atoms with Crippen molar-refractivity contribution < 1.29 is 9.90 Å². The van der Waals surface area contributed by atoms with Crippen LogP contribution in [0.3, 0.4) is 0 Å². The second-order valence-corrected chi connectivity index (χ2v) is 6.79. The summed E-state index contributed by atoms with van der Waals surface area (Å²) in [5, 5.41) is 16.9. The molecule has 0 radical (unpaired) electrons. The highest BCUT2D eigenvalue weighted by Crippen LogP contribution is 2.21. The largest absolute Gasteiger partial charge is 0.393 e. The summed E-state index contributed by atoms with van der Waals surface area (Å²) >= 11 is 0. The number of nitrogens with zero attached hydrogens (tertiary/aromatic N) is 4. The molecule has 2 aliphatic rings. The second-order valence-electron chi connectivity index (χ2n) is 6.79. The predicted molar refractivity (Wildman–Crippen MR) is 90.2 cm³/mol. The Kier molecular flexibility index (Phi) is 4.10. The highest BCUT2D eigenvalue weighted by atomic mass is 16.3. The van der Waals surface area contributed by atoms with Crippen molar-refractivity contribution in [1.82, 2.24) is 19.9 Å². The van der Waals surface area contributed by atoms with E-state index in [4.69, 9.17) is 0 Å². The zero-order valence-electron chi connectivity index (χ0n) is 13.7. The summed E-state index contributed by atoms with van der Waals surface area (Å²) in [7, 11) is 0. The molecule has 1 aliphatic carbocycles. The molecule has 7 nitrogen and oxygen atoms in total. The van der Waals surface area contributed by atoms with Crippen molar-refractivity contribution in [2.24, 2.45) is 0 Å². The SMILES string of the molecule is O=C(NC1CCC(O)CC1)c1cnn2ccc(N3CCCC3)nc12. The van der Waals surface area contributed by atoms with Crippen LogP contribution in [-0.2, 0) is 0 Å². The molecular weight excluding hydrogens is 306 g/mol. The number of amides is 1. The molecule has 0 atom stereocenters. The van der Waals surface area contributed by atoms with Gasteiger partial charge in [0.2, 0.25) is 0 Å². The van der Waals surface area contributed by atoms with E-state index in [0.29, 0.717) is 11.2 Å². The van der Waals surface area contributed by atoms with E-state index in [2.05, 4.69) is 20.3 Å². The van der Waals surface area contributed by atoms with Crippen LogP contribution in [0.25, 0.3) is 5.65 Å². The number of fused-ring (bicyclic) bond motifs is 1. The normalized spacial score (nSPS) is 24.5. The number of aromatic nitrogens is 3. The quantitative estimate of drug-likeness (QED) is 0.888. The summed E-state index contributed by atoms with van der Waals surface area (Å²) < 4.78 is 1.65. The summed E-state index contributed by atoms with van der Waals surface area (Å²) in [5.74, 6) is 0.785. The molecule has 3 heterocycles. The van der Waals surface area contributed by atoms with Crippen molar-refractivity contribution in [2.45, 2.75) is 50.7 Å². The van der Waals surface area contributed by atoms with Gasteiger partial charge in [-0.3, -0.25) is 4.79 Å². The Hall–Kier alpha value is -2.15. The molecule has 24 heavy (non-hydrogen) atoms. The van der Waals surface area contributed by atoms with Gasteiger partial charge in [-0.25, -0.2) is 9.50 Å². The monoisotopic (exact) mass is 329 g/mol. The molecule has 0 bridgehead atoms. The molecule has 2 aromatic rings. The van der Waals surface area contributed by atoms with Crippen LogP contribution in [0.1, 0.15) is 48.9 Å². The van der Waals surface area contributed by atoms with E-state index in [1.807, 2.05) is 12.3 Å². The first-order valence-corrected chi connectivity index (χ1v) is 8.79. The van der Waals surface area contributed by atoms with E-state index in [1.165, 1.54) is 12.8 Å². The van der Waals surface area contributed by atoms with E-state index in [-0.39, 0.29) is 18.1 Å². The fourth-order valence-corrected chi connectivity index (χ4v) is 3.63. The first-order chi connectivity index (χ1) is 11.7. The molecule has 1 aliphatic heterocycles. The first kappa shape index (κ1) is 15.4. The van der Waals surface area contributed by atoms with E-state index in [9.17, 15) is 9.90 Å². The number of nitrogens with one attached hydrogen (secondary N) is 1. The van der Waals surface area contributed by atoms with Gasteiger partial charge in [-0.2, -0.15) is 5.10 Å². The van der Waals surface area contributed by atoms with Gasteiger partial charge in [0.25, 0.3) is 5.91 Å². The molecule has 2 fully saturated rings. The number of rotatable bonds is 3. The molecule has 128 valence electrons. The van der Waals surface area contributed by atoms with Crippen molar-refractivity contribution in [2.75, 3.05) is 18.0 Å². The molecule has 4 rings (SSSR count). The molecule has 0 spiro atoms. The third-order valence-electron chi connectivity index (χ3n) is 5.06. The van der Waals surface area contributed by atoms with E-state index in [1.54, 1.807) is 10.7 Å². The fraction of sp³-hybridized carbons (Fsp3) is 0.588. The molecule has 0 unspecified atom stereocenters. The molecule has 1 amide bonds. The molecule has 2 aromatic heterocycles. The summed E-state index contributed by atoms with van der Waals surface area (Å²) in [5.41, 5.74) is 1.12. The molecule has 0 aromatic carbocycles. The van der Waals surface area contributed by atoms with Crippen LogP contribution in [0.4, 0.5) is 5.82 Å². The van der Waals surface area contributed by atoms with Crippen LogP contribution >= 0.6 is 0 Å². The third kappa shape index (κ3) is 2.96. The zero-order valence-corrected chi connectivity index (χ0v) is 13.7. The van der Waals surface area contributed by atoms with E-state index >= 15 is 0 Å². The lowest BCUT2D eigenvalue weighted by atomic mass is 9.93. The Bertz CT molecular complexity index is 730. The number of hydrogen-bond donors (Lipinski definition) is 2. The topological polar surface area (TPSA) is 82.8 Å². The Labute approximate surface area is 140 Å². The van der Waals surface area contributed by atoms with Crippen LogP contribution in [0.2, 0.25) is 0 Å². The van der Waals surface area contributed by atoms with E-state index < -0.39 is 0 Å². The maximum atomic E-state index is 12.6. The smallest absolute Gasteiger partial charge is 0.256 e. The standard InChI is InChI=1S/C17H23N5O2/c23-13-5-3-12(4-6-13)19-17(24)14-11-18-22-10-7-15(20-16(14)22)21-8-1-2-9-21/h7,10-13,23H,1-6,8-9H2,(H,19,24). The van der Waals surface area contributed by atoms with E-state index in [0.717, 1.165) is 44.6 Å². The summed E-state index contributed by atoms with van der Waals surface area (Å²) in [4.78, 5) is 19.5. The zero-order chi connectivity index (χ0) is 16.5. The summed E-state index contributed by atoms with van der Waals surface area (Å²) in [6, 6.07) is 2.08. The Balaban J connectivity index is 1.54. The number of aliphatic hydroxyl groups is 1. The second kappa shape index (κ2) is 6.39. The van der Waals surface area contributed by atoms with Crippen LogP contribution in [0, 0.1) is 0 Å². The van der Waals surface area contributed by atoms with Crippen molar-refractivity contribution in [3.05, 3.63) is 24.0 Å². The molecule has 7 heteroatoms. The summed E-state index contributed by atoms with van der Waals surface area (Å²) in [6.45, 7) is 2.03. The Morgan fingerprint density at radius 3 is 2.71 bits per heavy atom. The lowest BCUT2D eigenvalue weighted by Gasteiger charge is -2.26. The highest BCUT2D eigenvalue weighted by Gasteiger charge is 2.23. The van der Waals surface area contributed by atoms with Crippen LogP contribution in [0.15, 0.2) is 18.5 Å². The number of carbonyl (C=O) groups is 1. The van der Waals surface area contributed by atoms with Crippen molar-refractivity contribution >= 4 is 17.4 Å². The number of anilines is 1. The highest BCUT2D eigenvalue weighted by molar-refractivity contribution is 5.99. The van der Waals surface area contributed by atoms with Crippen LogP contribution in [0.5, 0.6) is 0 Å². The first-order valence-electron chi connectivity index (χ1n) is 8.79. The molecule has 1 saturated carbocycles. The molecule has 2 N–H and O–H groups in total. The van der Waals surface area contributed by atoms with Gasteiger partial charge in [0.15, 0.2) is 5.65 Å². The van der Waals surface area contributed by atoms with Gasteiger partial charge < -0.3 is 15.3 Å². The number of aliphatic hydroxyl groups excluding tert-OH is 1. The maximum absolute atomic E-state index is 12.6. The molecular formula is C17H23N5O2. The van der Waals surface area contributed by atoms with Crippen LogP contribution in [-0.4, -0.2) is 50.8 Å². The van der Waals surface area contributed by atoms with Gasteiger partial charge >= 0.3 is 0 Å². The third-order valence-corrected chi connectivity index (χ3v) is 5.06. The Morgan fingerprint density at radius 2 is 1.96 bits per heavy atom. The maximum Gasteiger partial charge on any atom is 0.256 e. The lowest BCUT2D eigenvalue weighted by molar-refractivity contribution is 0.0869. The number of carbonyl (C=O) groups excluding carboxylic acids is 1. The number of hydrogen-bond acceptors (Lipinski definition) is 5. The van der Waals surface area contributed by atoms with Crippen molar-refractivity contribution in [1.29, 1.82) is 0 Å². The minimum atomic E-state index is -0.222. The van der Waals surface area contributed by atoms with Gasteiger partial charge in [0.1, 0.15) is 11.4 Å². The van der Waals surface area contributed by atoms with Gasteiger partial charge in [0.05, 0.1) is 12.3 Å². The van der Waals surface area contributed by atoms with Gasteiger partial charge in [-0.15, -0.1) is 0 Å². The Morgan fingerprint density at radius 1 is 1.21 bits per heavy atom. The predicted octanol–water partition coefficient (Wildman–Crippen LogP) is 1.36. The average molecular weight is 329 g/mol. The minimum Gasteiger partial charge on any atom is -0.393 e. The van der Waals surface area contributed by atoms with Crippen LogP contribution < -0.4 is 10.2 Å². The van der Waals surface area contributed by atoms with Gasteiger partial charge in [-0.1, -0.05) is 0 Å².